The predicted molar refractivity (Wildman–Crippen MR) is 93.8 cm³/mol. The van der Waals surface area contributed by atoms with Gasteiger partial charge in [-0.05, 0) is 36.2 Å². The number of hydrogen-bond acceptors (Lipinski definition) is 4. The Bertz CT molecular complexity index is 802. The number of rotatable bonds is 6. The zero-order valence-electron chi connectivity index (χ0n) is 14.8. The molecule has 27 heavy (non-hydrogen) atoms. The van der Waals surface area contributed by atoms with E-state index in [0.717, 1.165) is 4.90 Å². The molecule has 0 aliphatic carbocycles. The summed E-state index contributed by atoms with van der Waals surface area (Å²) < 4.78 is 18.2. The molecular weight excluding hydrogens is 353 g/mol. The van der Waals surface area contributed by atoms with E-state index >= 15 is 0 Å². The van der Waals surface area contributed by atoms with E-state index in [1.165, 1.54) is 30.5 Å². The lowest BCUT2D eigenvalue weighted by Crippen LogP contribution is -2.59. The Kier molecular flexibility index (Phi) is 5.54. The first-order chi connectivity index (χ1) is 13.0. The van der Waals surface area contributed by atoms with Gasteiger partial charge in [0, 0.05) is 0 Å². The van der Waals surface area contributed by atoms with E-state index in [9.17, 15) is 18.8 Å². The number of benzene rings is 1. The van der Waals surface area contributed by atoms with Crippen LogP contribution >= 0.6 is 0 Å². The lowest BCUT2D eigenvalue weighted by Gasteiger charge is -2.35. The highest BCUT2D eigenvalue weighted by atomic mass is 19.1. The Hall–Kier alpha value is -3.16. The monoisotopic (exact) mass is 373 g/mol. The fourth-order valence-electron chi connectivity index (χ4n) is 3.06. The second kappa shape index (κ2) is 8.03. The van der Waals surface area contributed by atoms with Crippen molar-refractivity contribution in [3.05, 3.63) is 59.8 Å². The summed E-state index contributed by atoms with van der Waals surface area (Å²) in [5.41, 5.74) is 0.632. The summed E-state index contributed by atoms with van der Waals surface area (Å²) in [6, 6.07) is 6.91. The van der Waals surface area contributed by atoms with Crippen LogP contribution in [0, 0.1) is 5.82 Å². The molecule has 2 heterocycles. The van der Waals surface area contributed by atoms with Crippen LogP contribution in [0.3, 0.4) is 0 Å². The van der Waals surface area contributed by atoms with Gasteiger partial charge in [0.15, 0.2) is 0 Å². The Morgan fingerprint density at radius 1 is 1.33 bits per heavy atom. The van der Waals surface area contributed by atoms with Crippen LogP contribution in [-0.2, 0) is 16.1 Å². The number of nitrogens with zero attached hydrogens (tertiary/aromatic N) is 1. The quantitative estimate of drug-likeness (QED) is 0.814. The van der Waals surface area contributed by atoms with Gasteiger partial charge in [-0.15, -0.1) is 0 Å². The van der Waals surface area contributed by atoms with Gasteiger partial charge in [0.2, 0.25) is 11.8 Å². The van der Waals surface area contributed by atoms with Crippen LogP contribution in [0.1, 0.15) is 37.1 Å². The zero-order valence-corrected chi connectivity index (χ0v) is 14.8. The average Bonchev–Trinajstić information content (AvgIpc) is 3.16. The van der Waals surface area contributed by atoms with Crippen LogP contribution < -0.4 is 10.6 Å². The summed E-state index contributed by atoms with van der Waals surface area (Å²) in [6.07, 6.45) is 1.78. The molecule has 0 spiro atoms. The van der Waals surface area contributed by atoms with Gasteiger partial charge in [-0.3, -0.25) is 14.5 Å². The first-order valence-electron chi connectivity index (χ1n) is 8.67. The minimum atomic E-state index is -0.915. The van der Waals surface area contributed by atoms with Crippen molar-refractivity contribution in [3.63, 3.8) is 0 Å². The zero-order chi connectivity index (χ0) is 19.4. The highest BCUT2D eigenvalue weighted by molar-refractivity contribution is 6.02. The molecule has 3 rings (SSSR count). The minimum absolute atomic E-state index is 0.000658. The third-order valence-electron chi connectivity index (χ3n) is 4.45. The third kappa shape index (κ3) is 4.16. The van der Waals surface area contributed by atoms with Crippen LogP contribution in [-0.4, -0.2) is 28.8 Å². The molecule has 2 unspecified atom stereocenters. The molecule has 4 amide bonds. The molecule has 2 N–H and O–H groups in total. The van der Waals surface area contributed by atoms with Crippen molar-refractivity contribution in [1.82, 2.24) is 15.5 Å². The number of urea groups is 1. The predicted octanol–water partition coefficient (Wildman–Crippen LogP) is 2.50. The topological polar surface area (TPSA) is 91.7 Å². The number of nitrogens with one attached hydrogen (secondary N) is 2. The van der Waals surface area contributed by atoms with E-state index in [2.05, 4.69) is 10.6 Å². The highest BCUT2D eigenvalue weighted by Crippen LogP contribution is 2.24. The second-order valence-corrected chi connectivity index (χ2v) is 6.24. The lowest BCUT2D eigenvalue weighted by atomic mass is 10.00. The first kappa shape index (κ1) is 18.6. The molecule has 8 heteroatoms. The van der Waals surface area contributed by atoms with E-state index in [-0.39, 0.29) is 19.4 Å². The van der Waals surface area contributed by atoms with Crippen molar-refractivity contribution in [2.45, 2.75) is 38.4 Å². The van der Waals surface area contributed by atoms with E-state index < -0.39 is 35.7 Å². The lowest BCUT2D eigenvalue weighted by molar-refractivity contribution is -0.139. The van der Waals surface area contributed by atoms with E-state index in [4.69, 9.17) is 4.42 Å². The first-order valence-corrected chi connectivity index (χ1v) is 8.67. The van der Waals surface area contributed by atoms with Crippen molar-refractivity contribution in [3.8, 4) is 0 Å². The van der Waals surface area contributed by atoms with Gasteiger partial charge < -0.3 is 15.1 Å². The molecule has 1 aliphatic heterocycles. The molecule has 0 bridgehead atoms. The number of amides is 4. The number of carbonyl (C=O) groups is 3. The van der Waals surface area contributed by atoms with E-state index in [1.807, 2.05) is 0 Å². The molecule has 7 nitrogen and oxygen atoms in total. The van der Waals surface area contributed by atoms with Gasteiger partial charge >= 0.3 is 6.03 Å². The van der Waals surface area contributed by atoms with Gasteiger partial charge in [0.25, 0.3) is 0 Å². The normalized spacial score (nSPS) is 18.1. The van der Waals surface area contributed by atoms with Crippen molar-refractivity contribution in [1.29, 1.82) is 0 Å². The fraction of sp³-hybridized carbons (Fsp3) is 0.316. The number of halogens is 1. The van der Waals surface area contributed by atoms with E-state index in [0.29, 0.717) is 11.3 Å². The Morgan fingerprint density at radius 2 is 2.07 bits per heavy atom. The summed E-state index contributed by atoms with van der Waals surface area (Å²) in [5.74, 6) is -0.706. The second-order valence-electron chi connectivity index (χ2n) is 6.24. The van der Waals surface area contributed by atoms with Gasteiger partial charge in [0.05, 0.1) is 25.3 Å². The molecular formula is C19H20FN3O4. The third-order valence-corrected chi connectivity index (χ3v) is 4.45. The molecule has 1 aliphatic rings. The number of carbonyl (C=O) groups excluding carboxylic acids is 3. The van der Waals surface area contributed by atoms with Gasteiger partial charge in [-0.25, -0.2) is 9.18 Å². The number of hydrogen-bond donors (Lipinski definition) is 2. The molecule has 1 saturated heterocycles. The van der Waals surface area contributed by atoms with Gasteiger partial charge in [0.1, 0.15) is 17.6 Å². The molecule has 1 aromatic carbocycles. The van der Waals surface area contributed by atoms with Crippen molar-refractivity contribution < 1.29 is 23.2 Å². The number of furan rings is 1. The standard InChI is InChI=1S/C19H20FN3O4/c1-2-16(18(25)21-11-14-4-3-9-27-14)23-17(24)10-15(22-19(23)26)12-5-7-13(20)8-6-12/h3-9,15-16H,2,10-11H2,1H3,(H,21,25)(H,22,26). The van der Waals surface area contributed by atoms with Crippen LogP contribution in [0.25, 0.3) is 0 Å². The molecule has 1 fully saturated rings. The Labute approximate surface area is 155 Å². The fourth-order valence-corrected chi connectivity index (χ4v) is 3.06. The largest absolute Gasteiger partial charge is 0.467 e. The highest BCUT2D eigenvalue weighted by Gasteiger charge is 2.39. The summed E-state index contributed by atoms with van der Waals surface area (Å²) in [6.45, 7) is 1.90. The van der Waals surface area contributed by atoms with Crippen LogP contribution in [0.5, 0.6) is 0 Å². The minimum Gasteiger partial charge on any atom is -0.467 e. The average molecular weight is 373 g/mol. The summed E-state index contributed by atoms with van der Waals surface area (Å²) >= 11 is 0. The maximum atomic E-state index is 13.1. The smallest absolute Gasteiger partial charge is 0.325 e. The maximum Gasteiger partial charge on any atom is 0.325 e. The van der Waals surface area contributed by atoms with Gasteiger partial charge in [-0.1, -0.05) is 19.1 Å². The Balaban J connectivity index is 1.68. The maximum absolute atomic E-state index is 13.1. The summed E-state index contributed by atoms with van der Waals surface area (Å²) in [7, 11) is 0. The van der Waals surface area contributed by atoms with Crippen molar-refractivity contribution >= 4 is 17.8 Å². The summed E-state index contributed by atoms with van der Waals surface area (Å²) in [4.78, 5) is 38.5. The molecule has 0 saturated carbocycles. The molecule has 142 valence electrons. The van der Waals surface area contributed by atoms with E-state index in [1.54, 1.807) is 19.1 Å². The summed E-state index contributed by atoms with van der Waals surface area (Å²) in [5, 5.41) is 5.39. The van der Waals surface area contributed by atoms with Crippen LogP contribution in [0.15, 0.2) is 47.1 Å². The van der Waals surface area contributed by atoms with Crippen molar-refractivity contribution in [2.75, 3.05) is 0 Å². The molecule has 2 atom stereocenters. The SMILES string of the molecule is CCC(C(=O)NCc1ccco1)N1C(=O)CC(c2ccc(F)cc2)NC1=O. The van der Waals surface area contributed by atoms with Crippen LogP contribution in [0.2, 0.25) is 0 Å². The van der Waals surface area contributed by atoms with Crippen molar-refractivity contribution in [2.24, 2.45) is 0 Å². The molecule has 0 radical (unpaired) electrons. The molecule has 2 aromatic rings. The van der Waals surface area contributed by atoms with Gasteiger partial charge in [-0.2, -0.15) is 0 Å². The molecule has 1 aromatic heterocycles. The van der Waals surface area contributed by atoms with Crippen LogP contribution in [0.4, 0.5) is 9.18 Å². The Morgan fingerprint density at radius 3 is 2.67 bits per heavy atom. The number of imide groups is 1.